The molecule has 1 aromatic heterocycles. The Hall–Kier alpha value is -3.46. The third kappa shape index (κ3) is 5.62. The minimum absolute atomic E-state index is 0.0746. The molecule has 1 atom stereocenters. The molecule has 0 aliphatic carbocycles. The van der Waals surface area contributed by atoms with Gasteiger partial charge in [0.15, 0.2) is 22.2 Å². The monoisotopic (exact) mass is 495 g/mol. The molecule has 0 unspecified atom stereocenters. The van der Waals surface area contributed by atoms with Crippen LogP contribution in [0.25, 0.3) is 0 Å². The lowest BCUT2D eigenvalue weighted by atomic mass is 10.0. The van der Waals surface area contributed by atoms with Crippen LogP contribution in [0.4, 0.5) is 0 Å². The summed E-state index contributed by atoms with van der Waals surface area (Å²) in [5.74, 6) is 0.507. The number of rotatable bonds is 8. The van der Waals surface area contributed by atoms with E-state index in [2.05, 4.69) is 5.10 Å². The maximum atomic E-state index is 12.7. The summed E-state index contributed by atoms with van der Waals surface area (Å²) in [6, 6.07) is 15.6. The number of aryl methyl sites for hydroxylation is 1. The van der Waals surface area contributed by atoms with Gasteiger partial charge in [-0.15, -0.1) is 0 Å². The molecule has 2 aromatic carbocycles. The zero-order valence-corrected chi connectivity index (χ0v) is 20.9. The number of ether oxygens (including phenoxy) is 1. The maximum absolute atomic E-state index is 12.7. The van der Waals surface area contributed by atoms with E-state index in [-0.39, 0.29) is 35.8 Å². The zero-order chi connectivity index (χ0) is 25.2. The number of sulfone groups is 1. The number of amides is 1. The fourth-order valence-electron chi connectivity index (χ4n) is 4.29. The molecule has 0 bridgehead atoms. The Morgan fingerprint density at radius 3 is 2.34 bits per heavy atom. The first-order chi connectivity index (χ1) is 16.6. The molecule has 1 amide bonds. The molecule has 0 radical (unpaired) electrons. The summed E-state index contributed by atoms with van der Waals surface area (Å²) in [6.45, 7) is 3.99. The SMILES string of the molecule is Cc1nn([C@H]2CCS(=O)(=O)C2)c(C)c1CN(C)C(=O)COc1ccc(C(=O)c2ccccc2)cc1. The van der Waals surface area contributed by atoms with Crippen molar-refractivity contribution in [1.29, 1.82) is 0 Å². The van der Waals surface area contributed by atoms with Crippen molar-refractivity contribution in [3.63, 3.8) is 0 Å². The van der Waals surface area contributed by atoms with Gasteiger partial charge in [-0.2, -0.15) is 5.10 Å². The van der Waals surface area contributed by atoms with Gasteiger partial charge in [-0.25, -0.2) is 8.42 Å². The zero-order valence-electron chi connectivity index (χ0n) is 20.1. The topological polar surface area (TPSA) is 98.6 Å². The fraction of sp³-hybridized carbons (Fsp3) is 0.346. The molecule has 0 saturated carbocycles. The average molecular weight is 496 g/mol. The number of hydrogen-bond acceptors (Lipinski definition) is 6. The van der Waals surface area contributed by atoms with E-state index in [9.17, 15) is 18.0 Å². The molecule has 9 heteroatoms. The molecule has 2 heterocycles. The van der Waals surface area contributed by atoms with Crippen molar-refractivity contribution in [3.05, 3.63) is 82.7 Å². The van der Waals surface area contributed by atoms with Gasteiger partial charge in [-0.3, -0.25) is 14.3 Å². The summed E-state index contributed by atoms with van der Waals surface area (Å²) in [7, 11) is -1.32. The quantitative estimate of drug-likeness (QED) is 0.445. The summed E-state index contributed by atoms with van der Waals surface area (Å²) in [5, 5.41) is 4.56. The first-order valence-corrected chi connectivity index (χ1v) is 13.3. The highest BCUT2D eigenvalue weighted by atomic mass is 32.2. The Labute approximate surface area is 205 Å². The Morgan fingerprint density at radius 1 is 1.06 bits per heavy atom. The minimum Gasteiger partial charge on any atom is -0.484 e. The van der Waals surface area contributed by atoms with E-state index in [1.165, 1.54) is 0 Å². The Bertz CT molecular complexity index is 1330. The van der Waals surface area contributed by atoms with Crippen LogP contribution in [0.2, 0.25) is 0 Å². The first kappa shape index (κ1) is 24.7. The first-order valence-electron chi connectivity index (χ1n) is 11.5. The Morgan fingerprint density at radius 2 is 1.71 bits per heavy atom. The Kier molecular flexibility index (Phi) is 7.07. The lowest BCUT2D eigenvalue weighted by Gasteiger charge is -2.18. The molecule has 1 fully saturated rings. The lowest BCUT2D eigenvalue weighted by molar-refractivity contribution is -0.132. The van der Waals surface area contributed by atoms with Crippen LogP contribution in [-0.2, 0) is 21.2 Å². The van der Waals surface area contributed by atoms with E-state index >= 15 is 0 Å². The van der Waals surface area contributed by atoms with E-state index < -0.39 is 9.84 Å². The Balaban J connectivity index is 1.34. The van der Waals surface area contributed by atoms with Crippen LogP contribution in [0.5, 0.6) is 5.75 Å². The third-order valence-electron chi connectivity index (χ3n) is 6.36. The molecule has 8 nitrogen and oxygen atoms in total. The number of benzene rings is 2. The highest BCUT2D eigenvalue weighted by Gasteiger charge is 2.31. The summed E-state index contributed by atoms with van der Waals surface area (Å²) in [6.07, 6.45) is 0.558. The van der Waals surface area contributed by atoms with Gasteiger partial charge in [0.25, 0.3) is 5.91 Å². The molecule has 1 aliphatic rings. The second kappa shape index (κ2) is 10.0. The largest absolute Gasteiger partial charge is 0.484 e. The lowest BCUT2D eigenvalue weighted by Crippen LogP contribution is -2.31. The summed E-state index contributed by atoms with van der Waals surface area (Å²) >= 11 is 0. The average Bonchev–Trinajstić information content (AvgIpc) is 3.36. The van der Waals surface area contributed by atoms with Crippen LogP contribution in [0.3, 0.4) is 0 Å². The number of aromatic nitrogens is 2. The van der Waals surface area contributed by atoms with Crippen LogP contribution in [-0.4, -0.2) is 59.9 Å². The van der Waals surface area contributed by atoms with Gasteiger partial charge in [0.05, 0.1) is 23.2 Å². The molecule has 184 valence electrons. The highest BCUT2D eigenvalue weighted by molar-refractivity contribution is 7.91. The van der Waals surface area contributed by atoms with E-state index in [4.69, 9.17) is 4.74 Å². The number of likely N-dealkylation sites (N-methyl/N-ethyl adjacent to an activating group) is 1. The molecule has 4 rings (SSSR count). The van der Waals surface area contributed by atoms with Gasteiger partial charge in [0, 0.05) is 36.0 Å². The van der Waals surface area contributed by atoms with Crippen LogP contribution in [0, 0.1) is 13.8 Å². The maximum Gasteiger partial charge on any atom is 0.260 e. The normalized spacial score (nSPS) is 16.7. The summed E-state index contributed by atoms with van der Waals surface area (Å²) in [4.78, 5) is 26.8. The van der Waals surface area contributed by atoms with Crippen molar-refractivity contribution in [3.8, 4) is 5.75 Å². The van der Waals surface area contributed by atoms with E-state index in [1.54, 1.807) is 53.0 Å². The van der Waals surface area contributed by atoms with Gasteiger partial charge in [-0.1, -0.05) is 30.3 Å². The van der Waals surface area contributed by atoms with Crippen molar-refractivity contribution in [1.82, 2.24) is 14.7 Å². The van der Waals surface area contributed by atoms with Gasteiger partial charge < -0.3 is 9.64 Å². The van der Waals surface area contributed by atoms with Crippen molar-refractivity contribution in [2.24, 2.45) is 0 Å². The summed E-state index contributed by atoms with van der Waals surface area (Å²) in [5.41, 5.74) is 3.73. The van der Waals surface area contributed by atoms with E-state index in [0.29, 0.717) is 29.8 Å². The minimum atomic E-state index is -3.02. The van der Waals surface area contributed by atoms with E-state index in [0.717, 1.165) is 17.0 Å². The number of nitrogens with zero attached hydrogens (tertiary/aromatic N) is 3. The molecule has 35 heavy (non-hydrogen) atoms. The predicted octanol–water partition coefficient (Wildman–Crippen LogP) is 3.13. The highest BCUT2D eigenvalue weighted by Crippen LogP contribution is 2.27. The fourth-order valence-corrected chi connectivity index (χ4v) is 5.98. The van der Waals surface area contributed by atoms with Gasteiger partial charge in [0.2, 0.25) is 0 Å². The van der Waals surface area contributed by atoms with Crippen molar-refractivity contribution >= 4 is 21.5 Å². The third-order valence-corrected chi connectivity index (χ3v) is 8.12. The molecule has 1 saturated heterocycles. The van der Waals surface area contributed by atoms with Crippen LogP contribution < -0.4 is 4.74 Å². The molecule has 0 spiro atoms. The van der Waals surface area contributed by atoms with Gasteiger partial charge in [-0.05, 0) is 44.5 Å². The predicted molar refractivity (Wildman–Crippen MR) is 132 cm³/mol. The molecule has 0 N–H and O–H groups in total. The van der Waals surface area contributed by atoms with Crippen LogP contribution in [0.1, 0.15) is 45.3 Å². The van der Waals surface area contributed by atoms with Crippen LogP contribution in [0.15, 0.2) is 54.6 Å². The van der Waals surface area contributed by atoms with Crippen LogP contribution >= 0.6 is 0 Å². The number of carbonyl (C=O) groups is 2. The van der Waals surface area contributed by atoms with Crippen molar-refractivity contribution in [2.75, 3.05) is 25.2 Å². The molecule has 1 aliphatic heterocycles. The molecular formula is C26H29N3O5S. The second-order valence-electron chi connectivity index (χ2n) is 8.91. The van der Waals surface area contributed by atoms with Crippen molar-refractivity contribution in [2.45, 2.75) is 32.9 Å². The number of hydrogen-bond donors (Lipinski definition) is 0. The molecular weight excluding hydrogens is 466 g/mol. The van der Waals surface area contributed by atoms with Gasteiger partial charge >= 0.3 is 0 Å². The van der Waals surface area contributed by atoms with Gasteiger partial charge in [0.1, 0.15) is 5.75 Å². The van der Waals surface area contributed by atoms with E-state index in [1.807, 2.05) is 32.0 Å². The summed E-state index contributed by atoms with van der Waals surface area (Å²) < 4.78 is 31.2. The smallest absolute Gasteiger partial charge is 0.260 e. The number of ketones is 1. The molecule has 3 aromatic rings. The standard InChI is InChI=1S/C26H29N3O5S/c1-18-24(19(2)29(27-18)22-13-14-35(32,33)17-22)15-28(3)25(30)16-34-23-11-9-21(10-12-23)26(31)20-7-5-4-6-8-20/h4-12,22H,13-17H2,1-3H3/t22-/m0/s1. The van der Waals surface area contributed by atoms with Crippen molar-refractivity contribution < 1.29 is 22.7 Å². The number of carbonyl (C=O) groups excluding carboxylic acids is 2. The second-order valence-corrected chi connectivity index (χ2v) is 11.1.